The number of para-hydroxylation sites is 1. The van der Waals surface area contributed by atoms with E-state index in [0.29, 0.717) is 34.7 Å². The van der Waals surface area contributed by atoms with Crippen molar-refractivity contribution in [3.05, 3.63) is 63.9 Å². The number of hydrogen-bond acceptors (Lipinski definition) is 5. The van der Waals surface area contributed by atoms with Gasteiger partial charge in [-0.1, -0.05) is 36.0 Å². The second kappa shape index (κ2) is 11.0. The zero-order valence-corrected chi connectivity index (χ0v) is 21.2. The molecule has 0 atom stereocenters. The second-order valence-corrected chi connectivity index (χ2v) is 9.89. The number of hydrogen-bond donors (Lipinski definition) is 1. The van der Waals surface area contributed by atoms with E-state index in [2.05, 4.69) is 37.9 Å². The van der Waals surface area contributed by atoms with Gasteiger partial charge in [0.2, 0.25) is 5.91 Å². The number of rotatable bonds is 9. The molecule has 3 aromatic rings. The number of anilines is 1. The Morgan fingerprint density at radius 1 is 1.09 bits per heavy atom. The molecule has 1 amide bonds. The molecule has 176 valence electrons. The Bertz CT molecular complexity index is 1180. The Hall–Kier alpha value is -2.64. The zero-order valence-electron chi connectivity index (χ0n) is 20.4. The fourth-order valence-electron chi connectivity index (χ4n) is 3.97. The van der Waals surface area contributed by atoms with E-state index >= 15 is 0 Å². The van der Waals surface area contributed by atoms with Gasteiger partial charge in [0.1, 0.15) is 0 Å². The van der Waals surface area contributed by atoms with Crippen LogP contribution < -0.4 is 10.9 Å². The van der Waals surface area contributed by atoms with Gasteiger partial charge in [-0.25, -0.2) is 4.98 Å². The first-order chi connectivity index (χ1) is 15.7. The van der Waals surface area contributed by atoms with Gasteiger partial charge in [-0.05, 0) is 70.9 Å². The molecule has 0 saturated carbocycles. The molecule has 2 aromatic carbocycles. The zero-order chi connectivity index (χ0) is 24.1. The fraction of sp³-hybridized carbons (Fsp3) is 0.423. The van der Waals surface area contributed by atoms with Crippen LogP contribution in [-0.2, 0) is 11.3 Å². The third-order valence-electron chi connectivity index (χ3n) is 5.73. The molecule has 0 aliphatic rings. The molecule has 33 heavy (non-hydrogen) atoms. The normalized spacial score (nSPS) is 11.7. The topological polar surface area (TPSA) is 67.2 Å². The predicted octanol–water partition coefficient (Wildman–Crippen LogP) is 4.86. The summed E-state index contributed by atoms with van der Waals surface area (Å²) in [5.41, 5.74) is 3.51. The summed E-state index contributed by atoms with van der Waals surface area (Å²) in [5, 5.41) is 4.16. The summed E-state index contributed by atoms with van der Waals surface area (Å²) < 4.78 is 1.72. The standard InChI is InChI=1S/C26H34N4O2S/c1-17(2)29(18(3)4)13-14-30-25(32)21-9-7-8-10-22(21)28-26(30)33-16-24(31)27-23-15-19(5)11-12-20(23)6/h7-12,15,17-18H,13-14,16H2,1-6H3,(H,27,31). The molecule has 7 heteroatoms. The third-order valence-corrected chi connectivity index (χ3v) is 6.71. The van der Waals surface area contributed by atoms with E-state index in [9.17, 15) is 9.59 Å². The van der Waals surface area contributed by atoms with Crippen molar-refractivity contribution >= 4 is 34.3 Å². The highest BCUT2D eigenvalue weighted by Crippen LogP contribution is 2.20. The summed E-state index contributed by atoms with van der Waals surface area (Å²) in [4.78, 5) is 33.1. The predicted molar refractivity (Wildman–Crippen MR) is 138 cm³/mol. The largest absolute Gasteiger partial charge is 0.325 e. The number of benzene rings is 2. The molecule has 0 unspecified atom stereocenters. The summed E-state index contributed by atoms with van der Waals surface area (Å²) in [7, 11) is 0. The number of thioether (sulfide) groups is 1. The molecule has 1 heterocycles. The third kappa shape index (κ3) is 6.24. The van der Waals surface area contributed by atoms with Gasteiger partial charge in [-0.2, -0.15) is 0 Å². The van der Waals surface area contributed by atoms with E-state index in [-0.39, 0.29) is 17.2 Å². The van der Waals surface area contributed by atoms with Gasteiger partial charge in [-0.15, -0.1) is 0 Å². The van der Waals surface area contributed by atoms with Gasteiger partial charge in [0, 0.05) is 30.9 Å². The minimum Gasteiger partial charge on any atom is -0.325 e. The maximum absolute atomic E-state index is 13.3. The number of amides is 1. The van der Waals surface area contributed by atoms with Crippen LogP contribution in [0.2, 0.25) is 0 Å². The number of nitrogens with one attached hydrogen (secondary N) is 1. The van der Waals surface area contributed by atoms with Crippen molar-refractivity contribution in [2.24, 2.45) is 0 Å². The average Bonchev–Trinajstić information content (AvgIpc) is 2.76. The smallest absolute Gasteiger partial charge is 0.262 e. The van der Waals surface area contributed by atoms with Crippen LogP contribution in [0.5, 0.6) is 0 Å². The molecular weight excluding hydrogens is 432 g/mol. The maximum Gasteiger partial charge on any atom is 0.262 e. The van der Waals surface area contributed by atoms with E-state index in [4.69, 9.17) is 4.98 Å². The molecule has 1 aromatic heterocycles. The van der Waals surface area contributed by atoms with Crippen LogP contribution in [0.3, 0.4) is 0 Å². The lowest BCUT2D eigenvalue weighted by Gasteiger charge is -2.30. The lowest BCUT2D eigenvalue weighted by Crippen LogP contribution is -2.40. The van der Waals surface area contributed by atoms with Gasteiger partial charge in [0.25, 0.3) is 5.56 Å². The Morgan fingerprint density at radius 3 is 2.48 bits per heavy atom. The van der Waals surface area contributed by atoms with Crippen LogP contribution in [0.1, 0.15) is 38.8 Å². The van der Waals surface area contributed by atoms with Crippen molar-refractivity contribution in [3.8, 4) is 0 Å². The van der Waals surface area contributed by atoms with Crippen LogP contribution in [0.4, 0.5) is 5.69 Å². The van der Waals surface area contributed by atoms with Gasteiger partial charge < -0.3 is 5.32 Å². The highest BCUT2D eigenvalue weighted by molar-refractivity contribution is 7.99. The molecule has 0 fully saturated rings. The number of carbonyl (C=O) groups excluding carboxylic acids is 1. The molecule has 0 spiro atoms. The fourth-order valence-corrected chi connectivity index (χ4v) is 4.80. The van der Waals surface area contributed by atoms with Gasteiger partial charge in [0.15, 0.2) is 5.16 Å². The SMILES string of the molecule is Cc1ccc(C)c(NC(=O)CSc2nc3ccccc3c(=O)n2CCN(C(C)C)C(C)C)c1. The highest BCUT2D eigenvalue weighted by atomic mass is 32.2. The molecule has 0 saturated heterocycles. The molecule has 0 aliphatic carbocycles. The lowest BCUT2D eigenvalue weighted by atomic mass is 10.1. The Labute approximate surface area is 200 Å². The monoisotopic (exact) mass is 466 g/mol. The van der Waals surface area contributed by atoms with Crippen LogP contribution >= 0.6 is 11.8 Å². The van der Waals surface area contributed by atoms with Crippen molar-refractivity contribution in [2.45, 2.75) is 65.3 Å². The van der Waals surface area contributed by atoms with Crippen LogP contribution in [0.25, 0.3) is 10.9 Å². The van der Waals surface area contributed by atoms with E-state index in [0.717, 1.165) is 23.4 Å². The van der Waals surface area contributed by atoms with Crippen molar-refractivity contribution in [2.75, 3.05) is 17.6 Å². The quantitative estimate of drug-likeness (QED) is 0.360. The van der Waals surface area contributed by atoms with Gasteiger partial charge in [0.05, 0.1) is 16.7 Å². The van der Waals surface area contributed by atoms with Crippen LogP contribution in [0.15, 0.2) is 52.4 Å². The lowest BCUT2D eigenvalue weighted by molar-refractivity contribution is -0.113. The Balaban J connectivity index is 1.84. The number of aryl methyl sites for hydroxylation is 2. The summed E-state index contributed by atoms with van der Waals surface area (Å²) in [6, 6.07) is 14.1. The van der Waals surface area contributed by atoms with Crippen molar-refractivity contribution in [1.82, 2.24) is 14.5 Å². The number of nitrogens with zero attached hydrogens (tertiary/aromatic N) is 3. The number of carbonyl (C=O) groups is 1. The minimum atomic E-state index is -0.117. The van der Waals surface area contributed by atoms with Crippen LogP contribution in [0, 0.1) is 13.8 Å². The highest BCUT2D eigenvalue weighted by Gasteiger charge is 2.17. The van der Waals surface area contributed by atoms with E-state index in [1.165, 1.54) is 11.8 Å². The Morgan fingerprint density at radius 2 is 1.79 bits per heavy atom. The first kappa shape index (κ1) is 25.0. The van der Waals surface area contributed by atoms with Crippen LogP contribution in [-0.4, -0.2) is 44.7 Å². The van der Waals surface area contributed by atoms with E-state index in [1.807, 2.05) is 56.3 Å². The molecule has 3 rings (SSSR count). The summed E-state index contributed by atoms with van der Waals surface area (Å²) >= 11 is 1.30. The maximum atomic E-state index is 13.3. The molecule has 1 N–H and O–H groups in total. The Kier molecular flexibility index (Phi) is 8.32. The number of aromatic nitrogens is 2. The van der Waals surface area contributed by atoms with Gasteiger partial charge in [-0.3, -0.25) is 19.1 Å². The molecule has 0 bridgehead atoms. The van der Waals surface area contributed by atoms with E-state index < -0.39 is 0 Å². The first-order valence-corrected chi connectivity index (χ1v) is 12.4. The number of fused-ring (bicyclic) bond motifs is 1. The average molecular weight is 467 g/mol. The van der Waals surface area contributed by atoms with Gasteiger partial charge >= 0.3 is 0 Å². The van der Waals surface area contributed by atoms with Crippen molar-refractivity contribution in [3.63, 3.8) is 0 Å². The minimum absolute atomic E-state index is 0.0644. The molecule has 0 radical (unpaired) electrons. The van der Waals surface area contributed by atoms with Crippen molar-refractivity contribution in [1.29, 1.82) is 0 Å². The molecular formula is C26H34N4O2S. The molecule has 0 aliphatic heterocycles. The first-order valence-electron chi connectivity index (χ1n) is 11.4. The summed E-state index contributed by atoms with van der Waals surface area (Å²) in [6.07, 6.45) is 0. The van der Waals surface area contributed by atoms with Crippen molar-refractivity contribution < 1.29 is 4.79 Å². The summed E-state index contributed by atoms with van der Waals surface area (Å²) in [6.45, 7) is 13.9. The van der Waals surface area contributed by atoms with E-state index in [1.54, 1.807) is 4.57 Å². The summed E-state index contributed by atoms with van der Waals surface area (Å²) in [5.74, 6) is 0.0598. The second-order valence-electron chi connectivity index (χ2n) is 8.95. The molecule has 6 nitrogen and oxygen atoms in total.